The first-order chi connectivity index (χ1) is 10.4. The van der Waals surface area contributed by atoms with Gasteiger partial charge in [0.25, 0.3) is 5.91 Å². The van der Waals surface area contributed by atoms with Crippen molar-refractivity contribution >= 4 is 11.6 Å². The smallest absolute Gasteiger partial charge is 0.268 e. The topological polar surface area (TPSA) is 38.3 Å². The average Bonchev–Trinajstić information content (AvgIpc) is 2.51. The summed E-state index contributed by atoms with van der Waals surface area (Å²) in [6.45, 7) is 7.80. The molecule has 1 amide bonds. The second-order valence-corrected chi connectivity index (χ2v) is 5.82. The van der Waals surface area contributed by atoms with Gasteiger partial charge in [-0.25, -0.2) is 0 Å². The summed E-state index contributed by atoms with van der Waals surface area (Å²) in [7, 11) is 0. The molecule has 2 rings (SSSR count). The van der Waals surface area contributed by atoms with Crippen molar-refractivity contribution in [3.8, 4) is 5.75 Å². The Bertz CT molecular complexity index is 631. The summed E-state index contributed by atoms with van der Waals surface area (Å²) in [6, 6.07) is 15.5. The highest BCUT2D eigenvalue weighted by molar-refractivity contribution is 5.97. The van der Waals surface area contributed by atoms with Crippen molar-refractivity contribution in [1.82, 2.24) is 0 Å². The lowest BCUT2D eigenvalue weighted by Crippen LogP contribution is -2.44. The lowest BCUT2D eigenvalue weighted by atomic mass is 10.0. The van der Waals surface area contributed by atoms with E-state index in [0.29, 0.717) is 12.2 Å². The van der Waals surface area contributed by atoms with Crippen molar-refractivity contribution in [2.75, 3.05) is 5.32 Å². The van der Waals surface area contributed by atoms with Crippen molar-refractivity contribution in [1.29, 1.82) is 0 Å². The molecule has 0 radical (unpaired) electrons. The molecule has 3 nitrogen and oxygen atoms in total. The number of aryl methyl sites for hydroxylation is 2. The van der Waals surface area contributed by atoms with Crippen LogP contribution in [0.25, 0.3) is 0 Å². The molecule has 2 aromatic rings. The number of anilines is 1. The van der Waals surface area contributed by atoms with Crippen LogP contribution in [0.2, 0.25) is 0 Å². The van der Waals surface area contributed by atoms with E-state index >= 15 is 0 Å². The summed E-state index contributed by atoms with van der Waals surface area (Å²) >= 11 is 0. The highest BCUT2D eigenvalue weighted by Gasteiger charge is 2.33. The van der Waals surface area contributed by atoms with E-state index in [1.54, 1.807) is 0 Å². The number of carbonyl (C=O) groups is 1. The Morgan fingerprint density at radius 1 is 1.00 bits per heavy atom. The summed E-state index contributed by atoms with van der Waals surface area (Å²) in [5.41, 5.74) is 2.20. The van der Waals surface area contributed by atoms with Crippen LogP contribution in [0.3, 0.4) is 0 Å². The third kappa shape index (κ3) is 3.88. The number of benzene rings is 2. The first-order valence-electron chi connectivity index (χ1n) is 7.57. The van der Waals surface area contributed by atoms with Gasteiger partial charge >= 0.3 is 0 Å². The van der Waals surface area contributed by atoms with Gasteiger partial charge in [-0.1, -0.05) is 42.3 Å². The Hall–Kier alpha value is -2.29. The number of carbonyl (C=O) groups excluding carboxylic acids is 1. The van der Waals surface area contributed by atoms with Crippen LogP contribution >= 0.6 is 0 Å². The number of hydrogen-bond donors (Lipinski definition) is 1. The van der Waals surface area contributed by atoms with E-state index in [1.165, 1.54) is 0 Å². The number of rotatable bonds is 5. The Labute approximate surface area is 132 Å². The summed E-state index contributed by atoms with van der Waals surface area (Å²) in [5.74, 6) is 0.563. The van der Waals surface area contributed by atoms with Gasteiger partial charge in [0.15, 0.2) is 5.60 Å². The second kappa shape index (κ2) is 6.65. The van der Waals surface area contributed by atoms with Crippen LogP contribution in [0.15, 0.2) is 48.5 Å². The molecular formula is C19H23NO2. The summed E-state index contributed by atoms with van der Waals surface area (Å²) in [4.78, 5) is 12.6. The van der Waals surface area contributed by atoms with Gasteiger partial charge in [-0.3, -0.25) is 4.79 Å². The van der Waals surface area contributed by atoms with Gasteiger partial charge in [-0.05, 0) is 51.5 Å². The van der Waals surface area contributed by atoms with Gasteiger partial charge in [0.05, 0.1) is 0 Å². The fourth-order valence-corrected chi connectivity index (χ4v) is 2.05. The molecule has 1 N–H and O–H groups in total. The van der Waals surface area contributed by atoms with Gasteiger partial charge < -0.3 is 10.1 Å². The largest absolute Gasteiger partial charge is 0.478 e. The van der Waals surface area contributed by atoms with E-state index in [9.17, 15) is 4.79 Å². The van der Waals surface area contributed by atoms with Gasteiger partial charge in [0.2, 0.25) is 0 Å². The van der Waals surface area contributed by atoms with Crippen molar-refractivity contribution < 1.29 is 9.53 Å². The van der Waals surface area contributed by atoms with E-state index in [-0.39, 0.29) is 5.91 Å². The third-order valence-electron chi connectivity index (χ3n) is 3.83. The van der Waals surface area contributed by atoms with Crippen molar-refractivity contribution in [3.05, 3.63) is 59.7 Å². The number of ether oxygens (including phenoxy) is 1. The first kappa shape index (κ1) is 16.1. The SMILES string of the molecule is CCC(C)(Oc1ccc(C)cc1)C(=O)Nc1ccc(C)cc1. The minimum atomic E-state index is -0.903. The molecule has 1 unspecified atom stereocenters. The number of hydrogen-bond acceptors (Lipinski definition) is 2. The average molecular weight is 297 g/mol. The molecule has 3 heteroatoms. The predicted octanol–water partition coefficient (Wildman–Crippen LogP) is 4.49. The third-order valence-corrected chi connectivity index (χ3v) is 3.83. The van der Waals surface area contributed by atoms with Gasteiger partial charge in [0, 0.05) is 5.69 Å². The molecule has 0 aliphatic carbocycles. The van der Waals surface area contributed by atoms with Crippen LogP contribution in [0.4, 0.5) is 5.69 Å². The van der Waals surface area contributed by atoms with E-state index in [4.69, 9.17) is 4.74 Å². The van der Waals surface area contributed by atoms with Crippen LogP contribution in [0.1, 0.15) is 31.4 Å². The summed E-state index contributed by atoms with van der Waals surface area (Å²) in [5, 5.41) is 2.93. The van der Waals surface area contributed by atoms with Gasteiger partial charge in [-0.15, -0.1) is 0 Å². The van der Waals surface area contributed by atoms with Crippen LogP contribution in [-0.2, 0) is 4.79 Å². The minimum Gasteiger partial charge on any atom is -0.478 e. The zero-order valence-corrected chi connectivity index (χ0v) is 13.6. The normalized spacial score (nSPS) is 13.3. The molecule has 0 saturated heterocycles. The standard InChI is InChI=1S/C19H23NO2/c1-5-19(4,22-17-12-8-15(3)9-13-17)18(21)20-16-10-6-14(2)7-11-16/h6-13H,5H2,1-4H3,(H,20,21). The fourth-order valence-electron chi connectivity index (χ4n) is 2.05. The Balaban J connectivity index is 2.12. The molecule has 116 valence electrons. The zero-order valence-electron chi connectivity index (χ0n) is 13.6. The molecule has 0 fully saturated rings. The van der Waals surface area contributed by atoms with Crippen molar-refractivity contribution in [2.45, 2.75) is 39.7 Å². The highest BCUT2D eigenvalue weighted by atomic mass is 16.5. The molecule has 1 atom stereocenters. The molecule has 0 aromatic heterocycles. The lowest BCUT2D eigenvalue weighted by molar-refractivity contribution is -0.130. The van der Waals surface area contributed by atoms with Crippen LogP contribution in [0, 0.1) is 13.8 Å². The van der Waals surface area contributed by atoms with Crippen LogP contribution < -0.4 is 10.1 Å². The maximum Gasteiger partial charge on any atom is 0.268 e. The van der Waals surface area contributed by atoms with Crippen LogP contribution in [0.5, 0.6) is 5.75 Å². The second-order valence-electron chi connectivity index (χ2n) is 5.82. The zero-order chi connectivity index (χ0) is 16.2. The van der Waals surface area contributed by atoms with E-state index < -0.39 is 5.60 Å². The van der Waals surface area contributed by atoms with Gasteiger partial charge in [0.1, 0.15) is 5.75 Å². The van der Waals surface area contributed by atoms with Crippen molar-refractivity contribution in [3.63, 3.8) is 0 Å². The van der Waals surface area contributed by atoms with E-state index in [1.807, 2.05) is 76.2 Å². The van der Waals surface area contributed by atoms with E-state index in [2.05, 4.69) is 5.32 Å². The number of nitrogens with one attached hydrogen (secondary N) is 1. The Kier molecular flexibility index (Phi) is 4.86. The maximum atomic E-state index is 12.6. The molecule has 0 spiro atoms. The molecule has 0 bridgehead atoms. The molecular weight excluding hydrogens is 274 g/mol. The van der Waals surface area contributed by atoms with Crippen molar-refractivity contribution in [2.24, 2.45) is 0 Å². The van der Waals surface area contributed by atoms with Crippen LogP contribution in [-0.4, -0.2) is 11.5 Å². The summed E-state index contributed by atoms with van der Waals surface area (Å²) < 4.78 is 5.95. The van der Waals surface area contributed by atoms with Gasteiger partial charge in [-0.2, -0.15) is 0 Å². The predicted molar refractivity (Wildman–Crippen MR) is 90.3 cm³/mol. The van der Waals surface area contributed by atoms with E-state index in [0.717, 1.165) is 16.8 Å². The molecule has 0 saturated carbocycles. The molecule has 0 heterocycles. The molecule has 2 aromatic carbocycles. The Morgan fingerprint density at radius 3 is 2.00 bits per heavy atom. The maximum absolute atomic E-state index is 12.6. The lowest BCUT2D eigenvalue weighted by Gasteiger charge is -2.28. The monoisotopic (exact) mass is 297 g/mol. The minimum absolute atomic E-state index is 0.139. The quantitative estimate of drug-likeness (QED) is 0.883. The number of amides is 1. The molecule has 22 heavy (non-hydrogen) atoms. The highest BCUT2D eigenvalue weighted by Crippen LogP contribution is 2.23. The molecule has 0 aliphatic heterocycles. The Morgan fingerprint density at radius 2 is 1.50 bits per heavy atom. The molecule has 0 aliphatic rings. The summed E-state index contributed by atoms with van der Waals surface area (Å²) in [6.07, 6.45) is 0.582. The fraction of sp³-hybridized carbons (Fsp3) is 0.316. The first-order valence-corrected chi connectivity index (χ1v) is 7.57.